The van der Waals surface area contributed by atoms with Crippen LogP contribution in [-0.2, 0) is 0 Å². The number of ether oxygens (including phenoxy) is 4. The molecule has 31 heavy (non-hydrogen) atoms. The summed E-state index contributed by atoms with van der Waals surface area (Å²) in [6, 6.07) is 6.54. The highest BCUT2D eigenvalue weighted by atomic mass is 16.7. The van der Waals surface area contributed by atoms with E-state index in [1.807, 2.05) is 12.1 Å². The lowest BCUT2D eigenvalue weighted by Crippen LogP contribution is -2.56. The van der Waals surface area contributed by atoms with E-state index in [2.05, 4.69) is 18.7 Å². The Hall–Kier alpha value is -2.84. The van der Waals surface area contributed by atoms with Crippen molar-refractivity contribution < 1.29 is 29.2 Å². The fourth-order valence-corrected chi connectivity index (χ4v) is 4.47. The van der Waals surface area contributed by atoms with E-state index in [1.165, 1.54) is 13.2 Å². The lowest BCUT2D eigenvalue weighted by Gasteiger charge is -2.43. The van der Waals surface area contributed by atoms with Gasteiger partial charge in [-0.25, -0.2) is 0 Å². The van der Waals surface area contributed by atoms with E-state index in [0.717, 1.165) is 37.1 Å². The molecule has 8 nitrogen and oxygen atoms in total. The van der Waals surface area contributed by atoms with E-state index >= 15 is 0 Å². The van der Waals surface area contributed by atoms with Crippen molar-refractivity contribution in [1.82, 2.24) is 4.90 Å². The minimum absolute atomic E-state index is 0.157. The van der Waals surface area contributed by atoms with Gasteiger partial charge >= 0.3 is 0 Å². The van der Waals surface area contributed by atoms with Gasteiger partial charge in [0, 0.05) is 30.6 Å². The SMILES string of the molecule is CCCN(CCC)C1Oc2cc3c(cc2C(c2cc(O)c(O)c(OC)c2)C1N)OCO3. The number of fused-ring (bicyclic) bond motifs is 2. The Morgan fingerprint density at radius 1 is 1.03 bits per heavy atom. The molecule has 0 amide bonds. The molecule has 3 atom stereocenters. The van der Waals surface area contributed by atoms with Crippen LogP contribution in [0.4, 0.5) is 0 Å². The molecule has 2 aliphatic rings. The van der Waals surface area contributed by atoms with Crippen LogP contribution in [-0.4, -0.2) is 54.4 Å². The van der Waals surface area contributed by atoms with E-state index in [4.69, 9.17) is 24.7 Å². The Morgan fingerprint density at radius 3 is 2.35 bits per heavy atom. The Morgan fingerprint density at radius 2 is 1.71 bits per heavy atom. The van der Waals surface area contributed by atoms with Crippen LogP contribution >= 0.6 is 0 Å². The predicted octanol–water partition coefficient (Wildman–Crippen LogP) is 3.13. The first-order valence-electron chi connectivity index (χ1n) is 10.7. The summed E-state index contributed by atoms with van der Waals surface area (Å²) in [6.45, 7) is 6.11. The zero-order chi connectivity index (χ0) is 22.1. The highest BCUT2D eigenvalue weighted by Gasteiger charge is 2.41. The van der Waals surface area contributed by atoms with Crippen molar-refractivity contribution >= 4 is 0 Å². The number of phenolic OH excluding ortho intramolecular Hbond substituents is 2. The van der Waals surface area contributed by atoms with Crippen LogP contribution in [0.15, 0.2) is 24.3 Å². The number of benzene rings is 2. The third-order valence-electron chi connectivity index (χ3n) is 5.84. The van der Waals surface area contributed by atoms with Gasteiger partial charge < -0.3 is 34.9 Å². The summed E-state index contributed by atoms with van der Waals surface area (Å²) in [7, 11) is 1.45. The Kier molecular flexibility index (Phi) is 6.02. The average Bonchev–Trinajstić information content (AvgIpc) is 3.21. The molecule has 4 N–H and O–H groups in total. The summed E-state index contributed by atoms with van der Waals surface area (Å²) in [4.78, 5) is 2.25. The fraction of sp³-hybridized carbons (Fsp3) is 0.478. The monoisotopic (exact) mass is 430 g/mol. The van der Waals surface area contributed by atoms with E-state index in [-0.39, 0.29) is 36.2 Å². The number of aromatic hydroxyl groups is 2. The van der Waals surface area contributed by atoms with Crippen molar-refractivity contribution in [2.45, 2.75) is 44.9 Å². The highest BCUT2D eigenvalue weighted by molar-refractivity contribution is 5.59. The van der Waals surface area contributed by atoms with Crippen molar-refractivity contribution in [2.75, 3.05) is 27.0 Å². The first-order chi connectivity index (χ1) is 15.0. The molecule has 2 aromatic rings. The summed E-state index contributed by atoms with van der Waals surface area (Å²) < 4.78 is 22.8. The number of rotatable bonds is 7. The molecular formula is C23H30N2O6. The molecule has 0 aromatic heterocycles. The Labute approximate surface area is 182 Å². The molecule has 0 bridgehead atoms. The number of nitrogens with zero attached hydrogens (tertiary/aromatic N) is 1. The zero-order valence-electron chi connectivity index (χ0n) is 18.1. The van der Waals surface area contributed by atoms with Crippen molar-refractivity contribution in [2.24, 2.45) is 5.73 Å². The van der Waals surface area contributed by atoms with Gasteiger partial charge in [0.05, 0.1) is 13.2 Å². The van der Waals surface area contributed by atoms with Gasteiger partial charge in [-0.15, -0.1) is 0 Å². The van der Waals surface area contributed by atoms with Crippen LogP contribution in [0, 0.1) is 0 Å². The van der Waals surface area contributed by atoms with Gasteiger partial charge in [0.15, 0.2) is 29.2 Å². The first-order valence-corrected chi connectivity index (χ1v) is 10.7. The van der Waals surface area contributed by atoms with Gasteiger partial charge in [0.2, 0.25) is 12.5 Å². The number of hydrogen-bond donors (Lipinski definition) is 3. The van der Waals surface area contributed by atoms with Crippen molar-refractivity contribution in [1.29, 1.82) is 0 Å². The van der Waals surface area contributed by atoms with Gasteiger partial charge in [-0.3, -0.25) is 4.90 Å². The standard InChI is InChI=1S/C23H30N2O6/c1-4-6-25(7-5-2)23-21(24)20(13-8-15(26)22(27)19(9-13)28-3)14-10-17-18(30-12-29-17)11-16(14)31-23/h8-11,20-21,23,26-27H,4-7,12,24H2,1-3H3. The lowest BCUT2D eigenvalue weighted by atomic mass is 9.81. The van der Waals surface area contributed by atoms with Gasteiger partial charge in [0.25, 0.3) is 0 Å². The van der Waals surface area contributed by atoms with Gasteiger partial charge in [-0.05, 0) is 36.6 Å². The molecule has 168 valence electrons. The molecular weight excluding hydrogens is 400 g/mol. The molecule has 0 spiro atoms. The third-order valence-corrected chi connectivity index (χ3v) is 5.84. The molecule has 2 aromatic carbocycles. The molecule has 0 saturated heterocycles. The Bertz CT molecular complexity index is 944. The maximum Gasteiger partial charge on any atom is 0.231 e. The van der Waals surface area contributed by atoms with Gasteiger partial charge in [-0.2, -0.15) is 0 Å². The van der Waals surface area contributed by atoms with Gasteiger partial charge in [0.1, 0.15) is 5.75 Å². The zero-order valence-corrected chi connectivity index (χ0v) is 18.1. The summed E-state index contributed by atoms with van der Waals surface area (Å²) in [5.74, 6) is 1.25. The number of methoxy groups -OCH3 is 1. The number of hydrogen-bond acceptors (Lipinski definition) is 8. The molecule has 0 saturated carbocycles. The average molecular weight is 431 g/mol. The minimum Gasteiger partial charge on any atom is -0.504 e. The highest BCUT2D eigenvalue weighted by Crippen LogP contribution is 2.49. The minimum atomic E-state index is -0.431. The van der Waals surface area contributed by atoms with Gasteiger partial charge in [-0.1, -0.05) is 13.8 Å². The molecule has 0 radical (unpaired) electrons. The molecule has 4 rings (SSSR count). The molecule has 0 fully saturated rings. The summed E-state index contributed by atoms with van der Waals surface area (Å²) in [6.07, 6.45) is 1.58. The second-order valence-electron chi connectivity index (χ2n) is 7.93. The summed E-state index contributed by atoms with van der Waals surface area (Å²) in [5, 5.41) is 20.4. The predicted molar refractivity (Wildman–Crippen MR) is 115 cm³/mol. The molecule has 2 aliphatic heterocycles. The lowest BCUT2D eigenvalue weighted by molar-refractivity contribution is -0.00953. The van der Waals surface area contributed by atoms with Crippen LogP contribution < -0.4 is 24.7 Å². The molecule has 3 unspecified atom stereocenters. The Balaban J connectivity index is 1.85. The van der Waals surface area contributed by atoms with E-state index < -0.39 is 6.04 Å². The topological polar surface area (TPSA) is 107 Å². The second kappa shape index (κ2) is 8.72. The summed E-state index contributed by atoms with van der Waals surface area (Å²) in [5.41, 5.74) is 8.40. The molecule has 2 heterocycles. The third kappa shape index (κ3) is 3.81. The molecule has 8 heteroatoms. The molecule has 0 aliphatic carbocycles. The van der Waals surface area contributed by atoms with Crippen LogP contribution in [0.1, 0.15) is 43.7 Å². The summed E-state index contributed by atoms with van der Waals surface area (Å²) >= 11 is 0. The van der Waals surface area contributed by atoms with Crippen LogP contribution in [0.5, 0.6) is 34.5 Å². The first kappa shape index (κ1) is 21.4. The van der Waals surface area contributed by atoms with E-state index in [0.29, 0.717) is 17.2 Å². The maximum absolute atomic E-state index is 10.3. The largest absolute Gasteiger partial charge is 0.504 e. The van der Waals surface area contributed by atoms with Crippen LogP contribution in [0.2, 0.25) is 0 Å². The number of phenols is 2. The van der Waals surface area contributed by atoms with Crippen LogP contribution in [0.25, 0.3) is 0 Å². The van der Waals surface area contributed by atoms with Crippen molar-refractivity contribution in [3.05, 3.63) is 35.4 Å². The number of nitrogens with two attached hydrogens (primary N) is 1. The second-order valence-corrected chi connectivity index (χ2v) is 7.93. The van der Waals surface area contributed by atoms with Crippen molar-refractivity contribution in [3.8, 4) is 34.5 Å². The van der Waals surface area contributed by atoms with E-state index in [9.17, 15) is 10.2 Å². The van der Waals surface area contributed by atoms with Crippen molar-refractivity contribution in [3.63, 3.8) is 0 Å². The normalized spacial score (nSPS) is 21.6. The maximum atomic E-state index is 10.3. The quantitative estimate of drug-likeness (QED) is 0.575. The van der Waals surface area contributed by atoms with E-state index in [1.54, 1.807) is 6.07 Å². The smallest absolute Gasteiger partial charge is 0.231 e. The van der Waals surface area contributed by atoms with Crippen LogP contribution in [0.3, 0.4) is 0 Å². The fourth-order valence-electron chi connectivity index (χ4n) is 4.47.